The highest BCUT2D eigenvalue weighted by Gasteiger charge is 2.13. The first-order valence-corrected chi connectivity index (χ1v) is 5.79. The number of hydrogen-bond donors (Lipinski definition) is 2. The van der Waals surface area contributed by atoms with Crippen LogP contribution in [0.3, 0.4) is 0 Å². The van der Waals surface area contributed by atoms with E-state index in [-0.39, 0.29) is 5.91 Å². The standard InChI is InChI=1S/C13H16N4O/c1-3-9-5-4-6-10(7-9)16-13(18)11-8-15-17(2)12(11)14/h4-8H,3,14H2,1-2H3,(H,16,18). The lowest BCUT2D eigenvalue weighted by Crippen LogP contribution is -2.13. The second-order valence-electron chi connectivity index (χ2n) is 4.08. The lowest BCUT2D eigenvalue weighted by molar-refractivity contribution is 0.102. The number of hydrogen-bond acceptors (Lipinski definition) is 3. The van der Waals surface area contributed by atoms with E-state index in [2.05, 4.69) is 17.3 Å². The minimum atomic E-state index is -0.242. The average molecular weight is 244 g/mol. The Morgan fingerprint density at radius 1 is 1.50 bits per heavy atom. The first kappa shape index (κ1) is 12.2. The maximum Gasteiger partial charge on any atom is 0.261 e. The highest BCUT2D eigenvalue weighted by Crippen LogP contribution is 2.15. The molecule has 0 aliphatic rings. The van der Waals surface area contributed by atoms with E-state index in [0.29, 0.717) is 11.4 Å². The predicted octanol–water partition coefficient (Wildman–Crippen LogP) is 1.82. The molecule has 18 heavy (non-hydrogen) atoms. The molecule has 5 heteroatoms. The van der Waals surface area contributed by atoms with Crippen molar-refractivity contribution in [1.82, 2.24) is 9.78 Å². The predicted molar refractivity (Wildman–Crippen MR) is 71.4 cm³/mol. The summed E-state index contributed by atoms with van der Waals surface area (Å²) in [6, 6.07) is 7.74. The van der Waals surface area contributed by atoms with Crippen LogP contribution < -0.4 is 11.1 Å². The molecule has 94 valence electrons. The Labute approximate surface area is 106 Å². The van der Waals surface area contributed by atoms with Crippen molar-refractivity contribution in [3.8, 4) is 0 Å². The van der Waals surface area contributed by atoms with Gasteiger partial charge in [0.1, 0.15) is 11.4 Å². The topological polar surface area (TPSA) is 72.9 Å². The van der Waals surface area contributed by atoms with Gasteiger partial charge in [0, 0.05) is 12.7 Å². The molecule has 0 saturated heterocycles. The number of nitrogens with zero attached hydrogens (tertiary/aromatic N) is 2. The number of anilines is 2. The quantitative estimate of drug-likeness (QED) is 0.865. The van der Waals surface area contributed by atoms with Crippen LogP contribution in [0.25, 0.3) is 0 Å². The molecule has 0 radical (unpaired) electrons. The lowest BCUT2D eigenvalue weighted by Gasteiger charge is -2.06. The molecule has 1 heterocycles. The van der Waals surface area contributed by atoms with Gasteiger partial charge in [-0.25, -0.2) is 0 Å². The summed E-state index contributed by atoms with van der Waals surface area (Å²) in [5.74, 6) is 0.119. The smallest absolute Gasteiger partial charge is 0.261 e. The van der Waals surface area contributed by atoms with Gasteiger partial charge in [0.05, 0.1) is 6.20 Å². The van der Waals surface area contributed by atoms with Gasteiger partial charge in [0.15, 0.2) is 0 Å². The number of aromatic nitrogens is 2. The van der Waals surface area contributed by atoms with Gasteiger partial charge in [0.25, 0.3) is 5.91 Å². The molecule has 5 nitrogen and oxygen atoms in total. The molecule has 0 unspecified atom stereocenters. The molecule has 0 spiro atoms. The number of benzene rings is 1. The van der Waals surface area contributed by atoms with Crippen molar-refractivity contribution in [3.05, 3.63) is 41.6 Å². The number of carbonyl (C=O) groups is 1. The molecule has 2 rings (SSSR count). The van der Waals surface area contributed by atoms with Gasteiger partial charge in [-0.3, -0.25) is 9.48 Å². The Bertz CT molecular complexity index is 574. The Morgan fingerprint density at radius 2 is 2.28 bits per heavy atom. The largest absolute Gasteiger partial charge is 0.383 e. The van der Waals surface area contributed by atoms with Crippen molar-refractivity contribution in [2.24, 2.45) is 7.05 Å². The summed E-state index contributed by atoms with van der Waals surface area (Å²) in [4.78, 5) is 12.0. The molecule has 1 aromatic heterocycles. The van der Waals surface area contributed by atoms with Crippen LogP contribution in [0.2, 0.25) is 0 Å². The van der Waals surface area contributed by atoms with Crippen LogP contribution in [0, 0.1) is 0 Å². The van der Waals surface area contributed by atoms with Crippen molar-refractivity contribution < 1.29 is 4.79 Å². The van der Waals surface area contributed by atoms with Crippen LogP contribution in [0.5, 0.6) is 0 Å². The molecule has 1 aromatic carbocycles. The number of aryl methyl sites for hydroxylation is 2. The van der Waals surface area contributed by atoms with Crippen LogP contribution in [0.1, 0.15) is 22.8 Å². The van der Waals surface area contributed by atoms with Gasteiger partial charge in [-0.05, 0) is 24.1 Å². The molecule has 0 aliphatic heterocycles. The first-order chi connectivity index (χ1) is 8.61. The normalized spacial score (nSPS) is 10.3. The van der Waals surface area contributed by atoms with E-state index in [0.717, 1.165) is 12.1 Å². The molecule has 0 aliphatic carbocycles. The van der Waals surface area contributed by atoms with Gasteiger partial charge in [-0.15, -0.1) is 0 Å². The van der Waals surface area contributed by atoms with E-state index in [1.165, 1.54) is 16.4 Å². The summed E-state index contributed by atoms with van der Waals surface area (Å²) < 4.78 is 1.47. The summed E-state index contributed by atoms with van der Waals surface area (Å²) in [5, 5.41) is 6.76. The van der Waals surface area contributed by atoms with Crippen LogP contribution in [-0.2, 0) is 13.5 Å². The number of nitrogens with one attached hydrogen (secondary N) is 1. The Hall–Kier alpha value is -2.30. The van der Waals surface area contributed by atoms with Crippen LogP contribution in [-0.4, -0.2) is 15.7 Å². The van der Waals surface area contributed by atoms with E-state index in [1.54, 1.807) is 7.05 Å². The molecule has 0 fully saturated rings. The summed E-state index contributed by atoms with van der Waals surface area (Å²) in [6.45, 7) is 2.07. The molecule has 0 saturated carbocycles. The molecule has 1 amide bonds. The fourth-order valence-corrected chi connectivity index (χ4v) is 1.69. The van der Waals surface area contributed by atoms with E-state index >= 15 is 0 Å². The lowest BCUT2D eigenvalue weighted by atomic mass is 10.1. The third kappa shape index (κ3) is 2.34. The number of carbonyl (C=O) groups excluding carboxylic acids is 1. The maximum absolute atomic E-state index is 12.0. The third-order valence-electron chi connectivity index (χ3n) is 2.82. The number of nitrogens with two attached hydrogens (primary N) is 1. The zero-order valence-electron chi connectivity index (χ0n) is 10.5. The SMILES string of the molecule is CCc1cccc(NC(=O)c2cnn(C)c2N)c1. The van der Waals surface area contributed by atoms with Gasteiger partial charge in [-0.1, -0.05) is 19.1 Å². The van der Waals surface area contributed by atoms with E-state index < -0.39 is 0 Å². The molecule has 0 atom stereocenters. The van der Waals surface area contributed by atoms with Crippen LogP contribution >= 0.6 is 0 Å². The average Bonchev–Trinajstić information content (AvgIpc) is 2.70. The minimum Gasteiger partial charge on any atom is -0.383 e. The maximum atomic E-state index is 12.0. The second-order valence-corrected chi connectivity index (χ2v) is 4.08. The third-order valence-corrected chi connectivity index (χ3v) is 2.82. The Morgan fingerprint density at radius 3 is 2.89 bits per heavy atom. The molecule has 3 N–H and O–H groups in total. The Kier molecular flexibility index (Phi) is 3.32. The van der Waals surface area contributed by atoms with E-state index in [4.69, 9.17) is 5.73 Å². The van der Waals surface area contributed by atoms with Crippen molar-refractivity contribution in [2.75, 3.05) is 11.1 Å². The number of nitrogen functional groups attached to an aromatic ring is 1. The highest BCUT2D eigenvalue weighted by molar-refractivity contribution is 6.07. The van der Waals surface area contributed by atoms with Crippen molar-refractivity contribution in [3.63, 3.8) is 0 Å². The number of amides is 1. The first-order valence-electron chi connectivity index (χ1n) is 5.79. The Balaban J connectivity index is 2.18. The molecule has 0 bridgehead atoms. The van der Waals surface area contributed by atoms with Gasteiger partial charge in [-0.2, -0.15) is 5.10 Å². The molecule has 2 aromatic rings. The zero-order valence-corrected chi connectivity index (χ0v) is 10.5. The highest BCUT2D eigenvalue weighted by atomic mass is 16.1. The van der Waals surface area contributed by atoms with E-state index in [1.807, 2.05) is 24.3 Å². The van der Waals surface area contributed by atoms with E-state index in [9.17, 15) is 4.79 Å². The van der Waals surface area contributed by atoms with Crippen molar-refractivity contribution in [1.29, 1.82) is 0 Å². The van der Waals surface area contributed by atoms with Crippen LogP contribution in [0.15, 0.2) is 30.5 Å². The number of rotatable bonds is 3. The van der Waals surface area contributed by atoms with Gasteiger partial charge >= 0.3 is 0 Å². The summed E-state index contributed by atoms with van der Waals surface area (Å²) in [6.07, 6.45) is 2.40. The van der Waals surface area contributed by atoms with Crippen molar-refractivity contribution >= 4 is 17.4 Å². The monoisotopic (exact) mass is 244 g/mol. The fraction of sp³-hybridized carbons (Fsp3) is 0.231. The minimum absolute atomic E-state index is 0.242. The zero-order chi connectivity index (χ0) is 13.1. The second kappa shape index (κ2) is 4.91. The fourth-order valence-electron chi connectivity index (χ4n) is 1.69. The summed E-state index contributed by atoms with van der Waals surface area (Å²) in [7, 11) is 1.70. The summed E-state index contributed by atoms with van der Waals surface area (Å²) in [5.41, 5.74) is 8.08. The van der Waals surface area contributed by atoms with Crippen molar-refractivity contribution in [2.45, 2.75) is 13.3 Å². The molecular formula is C13H16N4O. The van der Waals surface area contributed by atoms with Gasteiger partial charge < -0.3 is 11.1 Å². The van der Waals surface area contributed by atoms with Gasteiger partial charge in [0.2, 0.25) is 0 Å². The summed E-state index contributed by atoms with van der Waals surface area (Å²) >= 11 is 0. The molecular weight excluding hydrogens is 228 g/mol. The van der Waals surface area contributed by atoms with Crippen LogP contribution in [0.4, 0.5) is 11.5 Å².